The van der Waals surface area contributed by atoms with Gasteiger partial charge in [-0.3, -0.25) is 4.79 Å². The molecule has 2 aromatic rings. The molecule has 1 aliphatic rings. The van der Waals surface area contributed by atoms with E-state index in [0.29, 0.717) is 11.4 Å². The Labute approximate surface area is 118 Å². The lowest BCUT2D eigenvalue weighted by molar-refractivity contribution is 0.102. The number of carbonyl (C=O) groups is 1. The molecule has 0 spiro atoms. The summed E-state index contributed by atoms with van der Waals surface area (Å²) in [7, 11) is 0. The van der Waals surface area contributed by atoms with Crippen LogP contribution in [0.25, 0.3) is 0 Å². The third-order valence-electron chi connectivity index (χ3n) is 3.49. The smallest absolute Gasteiger partial charge is 0.256 e. The molecule has 4 nitrogen and oxygen atoms in total. The average molecular weight is 267 g/mol. The zero-order valence-electron chi connectivity index (χ0n) is 11.2. The SMILES string of the molecule is O=C(Nc1cc(N2CCCC2)ccn1)c1ccccc1. The maximum atomic E-state index is 12.1. The van der Waals surface area contributed by atoms with Gasteiger partial charge in [0, 0.05) is 36.6 Å². The Morgan fingerprint density at radius 3 is 2.60 bits per heavy atom. The van der Waals surface area contributed by atoms with Gasteiger partial charge in [0.25, 0.3) is 5.91 Å². The summed E-state index contributed by atoms with van der Waals surface area (Å²) < 4.78 is 0. The summed E-state index contributed by atoms with van der Waals surface area (Å²) >= 11 is 0. The van der Waals surface area contributed by atoms with E-state index < -0.39 is 0 Å². The zero-order chi connectivity index (χ0) is 13.8. The van der Waals surface area contributed by atoms with Crippen LogP contribution in [0.1, 0.15) is 23.2 Å². The molecule has 102 valence electrons. The van der Waals surface area contributed by atoms with E-state index in [1.807, 2.05) is 30.3 Å². The van der Waals surface area contributed by atoms with Gasteiger partial charge < -0.3 is 10.2 Å². The molecular weight excluding hydrogens is 250 g/mol. The molecule has 1 amide bonds. The number of hydrogen-bond donors (Lipinski definition) is 1. The number of carbonyl (C=O) groups excluding carboxylic acids is 1. The monoisotopic (exact) mass is 267 g/mol. The van der Waals surface area contributed by atoms with Gasteiger partial charge in [-0.25, -0.2) is 4.98 Å². The van der Waals surface area contributed by atoms with Crippen LogP contribution in [0.4, 0.5) is 11.5 Å². The molecule has 1 N–H and O–H groups in total. The second kappa shape index (κ2) is 5.74. The van der Waals surface area contributed by atoms with E-state index in [-0.39, 0.29) is 5.91 Å². The van der Waals surface area contributed by atoms with Gasteiger partial charge in [-0.05, 0) is 31.0 Å². The molecule has 2 heterocycles. The second-order valence-corrected chi connectivity index (χ2v) is 4.91. The molecule has 0 bridgehead atoms. The van der Waals surface area contributed by atoms with Crippen LogP contribution in [0.2, 0.25) is 0 Å². The van der Waals surface area contributed by atoms with E-state index in [1.165, 1.54) is 12.8 Å². The molecule has 1 aromatic heterocycles. The predicted molar refractivity (Wildman–Crippen MR) is 80.1 cm³/mol. The lowest BCUT2D eigenvalue weighted by Gasteiger charge is -2.18. The maximum absolute atomic E-state index is 12.1. The summed E-state index contributed by atoms with van der Waals surface area (Å²) in [6.45, 7) is 2.16. The fraction of sp³-hybridized carbons (Fsp3) is 0.250. The number of benzene rings is 1. The molecule has 0 radical (unpaired) electrons. The number of rotatable bonds is 3. The lowest BCUT2D eigenvalue weighted by Crippen LogP contribution is -2.18. The van der Waals surface area contributed by atoms with Crippen LogP contribution in [0.5, 0.6) is 0 Å². The van der Waals surface area contributed by atoms with Crippen molar-refractivity contribution in [3.05, 3.63) is 54.2 Å². The Balaban J connectivity index is 1.74. The van der Waals surface area contributed by atoms with Crippen molar-refractivity contribution in [2.75, 3.05) is 23.3 Å². The van der Waals surface area contributed by atoms with E-state index in [2.05, 4.69) is 15.2 Å². The normalized spacial score (nSPS) is 14.3. The molecule has 20 heavy (non-hydrogen) atoms. The van der Waals surface area contributed by atoms with Crippen LogP contribution in [0.3, 0.4) is 0 Å². The van der Waals surface area contributed by atoms with Gasteiger partial charge in [-0.2, -0.15) is 0 Å². The fourth-order valence-corrected chi connectivity index (χ4v) is 2.44. The number of hydrogen-bond acceptors (Lipinski definition) is 3. The Bertz CT molecular complexity index is 592. The third-order valence-corrected chi connectivity index (χ3v) is 3.49. The molecule has 1 saturated heterocycles. The number of nitrogens with one attached hydrogen (secondary N) is 1. The third kappa shape index (κ3) is 2.79. The van der Waals surface area contributed by atoms with Crippen molar-refractivity contribution in [3.8, 4) is 0 Å². The van der Waals surface area contributed by atoms with Gasteiger partial charge in [-0.15, -0.1) is 0 Å². The van der Waals surface area contributed by atoms with E-state index in [1.54, 1.807) is 18.3 Å². The molecule has 0 saturated carbocycles. The highest BCUT2D eigenvalue weighted by molar-refractivity contribution is 6.03. The number of nitrogens with zero attached hydrogens (tertiary/aromatic N) is 2. The Morgan fingerprint density at radius 1 is 1.10 bits per heavy atom. The quantitative estimate of drug-likeness (QED) is 0.930. The minimum absolute atomic E-state index is 0.128. The summed E-state index contributed by atoms with van der Waals surface area (Å²) in [4.78, 5) is 18.6. The summed E-state index contributed by atoms with van der Waals surface area (Å²) in [6.07, 6.45) is 4.20. The first-order valence-electron chi connectivity index (χ1n) is 6.90. The summed E-state index contributed by atoms with van der Waals surface area (Å²) in [5.74, 6) is 0.472. The number of pyridine rings is 1. The van der Waals surface area contributed by atoms with Crippen molar-refractivity contribution in [3.63, 3.8) is 0 Å². The van der Waals surface area contributed by atoms with Crippen LogP contribution in [-0.4, -0.2) is 24.0 Å². The standard InChI is InChI=1S/C16H17N3O/c20-16(13-6-2-1-3-7-13)18-15-12-14(8-9-17-15)19-10-4-5-11-19/h1-3,6-9,12H,4-5,10-11H2,(H,17,18,20). The molecule has 1 fully saturated rings. The molecule has 0 atom stereocenters. The first-order valence-corrected chi connectivity index (χ1v) is 6.90. The fourth-order valence-electron chi connectivity index (χ4n) is 2.44. The van der Waals surface area contributed by atoms with Gasteiger partial charge in [0.2, 0.25) is 0 Å². The van der Waals surface area contributed by atoms with E-state index in [9.17, 15) is 4.79 Å². The second-order valence-electron chi connectivity index (χ2n) is 4.91. The molecule has 0 aliphatic carbocycles. The van der Waals surface area contributed by atoms with E-state index in [0.717, 1.165) is 18.8 Å². The molecular formula is C16H17N3O. The van der Waals surface area contributed by atoms with Crippen molar-refractivity contribution in [1.29, 1.82) is 0 Å². The predicted octanol–water partition coefficient (Wildman–Crippen LogP) is 2.93. The largest absolute Gasteiger partial charge is 0.371 e. The van der Waals surface area contributed by atoms with Gasteiger partial charge in [0.05, 0.1) is 0 Å². The van der Waals surface area contributed by atoms with Gasteiger partial charge >= 0.3 is 0 Å². The van der Waals surface area contributed by atoms with E-state index in [4.69, 9.17) is 0 Å². The van der Waals surface area contributed by atoms with Gasteiger partial charge in [0.1, 0.15) is 5.82 Å². The molecule has 1 aromatic carbocycles. The van der Waals surface area contributed by atoms with Crippen LogP contribution in [0, 0.1) is 0 Å². The molecule has 0 unspecified atom stereocenters. The average Bonchev–Trinajstić information content (AvgIpc) is 3.03. The highest BCUT2D eigenvalue weighted by Gasteiger charge is 2.13. The van der Waals surface area contributed by atoms with Gasteiger partial charge in [0.15, 0.2) is 0 Å². The number of aromatic nitrogens is 1. The maximum Gasteiger partial charge on any atom is 0.256 e. The minimum Gasteiger partial charge on any atom is -0.371 e. The lowest BCUT2D eigenvalue weighted by atomic mass is 10.2. The van der Waals surface area contributed by atoms with Gasteiger partial charge in [-0.1, -0.05) is 18.2 Å². The summed E-state index contributed by atoms with van der Waals surface area (Å²) in [6, 6.07) is 13.1. The topological polar surface area (TPSA) is 45.2 Å². The summed E-state index contributed by atoms with van der Waals surface area (Å²) in [5, 5.41) is 2.85. The van der Waals surface area contributed by atoms with Crippen molar-refractivity contribution < 1.29 is 4.79 Å². The zero-order valence-corrected chi connectivity index (χ0v) is 11.2. The van der Waals surface area contributed by atoms with Crippen LogP contribution in [0.15, 0.2) is 48.7 Å². The highest BCUT2D eigenvalue weighted by Crippen LogP contribution is 2.22. The van der Waals surface area contributed by atoms with Crippen molar-refractivity contribution in [2.45, 2.75) is 12.8 Å². The van der Waals surface area contributed by atoms with Crippen LogP contribution < -0.4 is 10.2 Å². The van der Waals surface area contributed by atoms with Crippen molar-refractivity contribution >= 4 is 17.4 Å². The van der Waals surface area contributed by atoms with E-state index >= 15 is 0 Å². The minimum atomic E-state index is -0.128. The Morgan fingerprint density at radius 2 is 1.85 bits per heavy atom. The first kappa shape index (κ1) is 12.7. The van der Waals surface area contributed by atoms with Crippen LogP contribution >= 0.6 is 0 Å². The Kier molecular flexibility index (Phi) is 3.63. The number of anilines is 2. The Hall–Kier alpha value is -2.36. The molecule has 1 aliphatic heterocycles. The molecule has 3 rings (SSSR count). The summed E-state index contributed by atoms with van der Waals surface area (Å²) in [5.41, 5.74) is 1.77. The highest BCUT2D eigenvalue weighted by atomic mass is 16.1. The number of amides is 1. The van der Waals surface area contributed by atoms with Crippen molar-refractivity contribution in [1.82, 2.24) is 4.98 Å². The van der Waals surface area contributed by atoms with Crippen molar-refractivity contribution in [2.24, 2.45) is 0 Å². The van der Waals surface area contributed by atoms with Crippen LogP contribution in [-0.2, 0) is 0 Å². The first-order chi connectivity index (χ1) is 9.83. The molecule has 4 heteroatoms.